The first-order valence-corrected chi connectivity index (χ1v) is 11.7. The summed E-state index contributed by atoms with van der Waals surface area (Å²) in [5.74, 6) is 1.72. The van der Waals surface area contributed by atoms with Crippen molar-refractivity contribution in [3.8, 4) is 5.75 Å². The predicted molar refractivity (Wildman–Crippen MR) is 124 cm³/mol. The minimum atomic E-state index is 0.208. The molecule has 1 aromatic heterocycles. The predicted octanol–water partition coefficient (Wildman–Crippen LogP) is 3.92. The number of aryl methyl sites for hydroxylation is 3. The van der Waals surface area contributed by atoms with E-state index in [-0.39, 0.29) is 6.10 Å². The molecule has 1 aliphatic rings. The van der Waals surface area contributed by atoms with Crippen LogP contribution in [0, 0.1) is 20.8 Å². The molecule has 2 heterocycles. The molecule has 0 spiro atoms. The molecule has 0 saturated carbocycles. The molecule has 1 aliphatic heterocycles. The fourth-order valence-electron chi connectivity index (χ4n) is 3.49. The van der Waals surface area contributed by atoms with Crippen molar-refractivity contribution >= 4 is 17.3 Å². The smallest absolute Gasteiger partial charge is 0.191 e. The molecule has 2 aromatic rings. The van der Waals surface area contributed by atoms with Crippen LogP contribution in [0.15, 0.2) is 23.2 Å². The number of benzene rings is 1. The van der Waals surface area contributed by atoms with Crippen LogP contribution >= 0.6 is 11.3 Å². The second-order valence-electron chi connectivity index (χ2n) is 7.67. The van der Waals surface area contributed by atoms with Gasteiger partial charge in [-0.3, -0.25) is 0 Å². The fraction of sp³-hybridized carbons (Fsp3) is 0.565. The quantitative estimate of drug-likeness (QED) is 0.466. The van der Waals surface area contributed by atoms with Crippen LogP contribution < -0.4 is 15.4 Å². The maximum Gasteiger partial charge on any atom is 0.191 e. The summed E-state index contributed by atoms with van der Waals surface area (Å²) in [6.45, 7) is 12.0. The Hall–Kier alpha value is -2.12. The van der Waals surface area contributed by atoms with Gasteiger partial charge in [-0.05, 0) is 52.2 Å². The number of nitrogens with one attached hydrogen (secondary N) is 2. The second kappa shape index (κ2) is 11.3. The van der Waals surface area contributed by atoms with Crippen molar-refractivity contribution in [2.75, 3.05) is 26.3 Å². The van der Waals surface area contributed by atoms with E-state index < -0.39 is 0 Å². The lowest BCUT2D eigenvalue weighted by Crippen LogP contribution is -2.38. The average Bonchev–Trinajstić information content (AvgIpc) is 3.34. The minimum absolute atomic E-state index is 0.208. The highest BCUT2D eigenvalue weighted by molar-refractivity contribution is 7.11. The number of thiazole rings is 1. The molecule has 1 fully saturated rings. The minimum Gasteiger partial charge on any atom is -0.491 e. The van der Waals surface area contributed by atoms with Crippen molar-refractivity contribution in [3.63, 3.8) is 0 Å². The topological polar surface area (TPSA) is 67.8 Å². The molecular formula is C23H34N4O2S. The van der Waals surface area contributed by atoms with Crippen LogP contribution in [0.1, 0.15) is 46.5 Å². The van der Waals surface area contributed by atoms with Crippen LogP contribution in [0.5, 0.6) is 5.75 Å². The molecule has 1 atom stereocenters. The average molecular weight is 431 g/mol. The van der Waals surface area contributed by atoms with Gasteiger partial charge in [-0.25, -0.2) is 9.98 Å². The van der Waals surface area contributed by atoms with Crippen LogP contribution in [0.3, 0.4) is 0 Å². The normalized spacial score (nSPS) is 16.7. The van der Waals surface area contributed by atoms with Gasteiger partial charge >= 0.3 is 0 Å². The zero-order valence-corrected chi connectivity index (χ0v) is 19.4. The molecule has 2 N–H and O–H groups in total. The first kappa shape index (κ1) is 22.6. The number of hydrogen-bond donors (Lipinski definition) is 2. The van der Waals surface area contributed by atoms with Crippen molar-refractivity contribution < 1.29 is 9.47 Å². The maximum absolute atomic E-state index is 6.11. The molecule has 6 nitrogen and oxygen atoms in total. The number of nitrogens with zero attached hydrogens (tertiary/aromatic N) is 2. The third-order valence-corrected chi connectivity index (χ3v) is 6.20. The van der Waals surface area contributed by atoms with Gasteiger partial charge in [0, 0.05) is 36.6 Å². The van der Waals surface area contributed by atoms with Crippen molar-refractivity contribution in [3.05, 3.63) is 44.9 Å². The summed E-state index contributed by atoms with van der Waals surface area (Å²) >= 11 is 1.77. The first-order chi connectivity index (χ1) is 14.5. The number of rotatable bonds is 9. The fourth-order valence-corrected chi connectivity index (χ4v) is 4.43. The van der Waals surface area contributed by atoms with Gasteiger partial charge in [0.05, 0.1) is 23.4 Å². The monoisotopic (exact) mass is 430 g/mol. The zero-order valence-electron chi connectivity index (χ0n) is 18.6. The first-order valence-electron chi connectivity index (χ1n) is 10.8. The van der Waals surface area contributed by atoms with E-state index in [0.29, 0.717) is 13.2 Å². The highest BCUT2D eigenvalue weighted by Crippen LogP contribution is 2.23. The van der Waals surface area contributed by atoms with E-state index in [9.17, 15) is 0 Å². The van der Waals surface area contributed by atoms with Gasteiger partial charge in [0.25, 0.3) is 0 Å². The Bertz CT molecular complexity index is 844. The third kappa shape index (κ3) is 6.71. The maximum atomic E-state index is 6.11. The summed E-state index contributed by atoms with van der Waals surface area (Å²) < 4.78 is 11.8. The van der Waals surface area contributed by atoms with E-state index in [2.05, 4.69) is 61.5 Å². The van der Waals surface area contributed by atoms with Gasteiger partial charge in [0.15, 0.2) is 5.96 Å². The van der Waals surface area contributed by atoms with Crippen molar-refractivity contribution in [1.82, 2.24) is 15.6 Å². The number of hydrogen-bond acceptors (Lipinski definition) is 5. The number of aromatic nitrogens is 1. The highest BCUT2D eigenvalue weighted by Gasteiger charge is 2.17. The SMILES string of the molecule is CCNC(=NCc1ccc(C)cc1OCC1CCCO1)NCCc1sc(C)nc1C. The lowest BCUT2D eigenvalue weighted by molar-refractivity contribution is 0.0676. The summed E-state index contributed by atoms with van der Waals surface area (Å²) in [5.41, 5.74) is 3.41. The molecule has 7 heteroatoms. The molecule has 3 rings (SSSR count). The van der Waals surface area contributed by atoms with Crippen LogP contribution in [-0.4, -0.2) is 43.4 Å². The lowest BCUT2D eigenvalue weighted by Gasteiger charge is -2.15. The van der Waals surface area contributed by atoms with Crippen molar-refractivity contribution in [2.24, 2.45) is 4.99 Å². The Morgan fingerprint density at radius 2 is 2.17 bits per heavy atom. The van der Waals surface area contributed by atoms with Gasteiger partial charge in [0.1, 0.15) is 12.4 Å². The molecule has 164 valence electrons. The summed E-state index contributed by atoms with van der Waals surface area (Å²) in [7, 11) is 0. The molecule has 30 heavy (non-hydrogen) atoms. The Morgan fingerprint density at radius 1 is 1.30 bits per heavy atom. The van der Waals surface area contributed by atoms with Gasteiger partial charge in [-0.15, -0.1) is 11.3 Å². The molecular weight excluding hydrogens is 396 g/mol. The van der Waals surface area contributed by atoms with E-state index in [1.165, 1.54) is 10.4 Å². The molecule has 1 unspecified atom stereocenters. The number of aliphatic imine (C=N–C) groups is 1. The van der Waals surface area contributed by atoms with Crippen LogP contribution in [0.25, 0.3) is 0 Å². The van der Waals surface area contributed by atoms with E-state index in [1.807, 2.05) is 0 Å². The van der Waals surface area contributed by atoms with Gasteiger partial charge < -0.3 is 20.1 Å². The number of guanidine groups is 1. The van der Waals surface area contributed by atoms with Crippen LogP contribution in [0.4, 0.5) is 0 Å². The van der Waals surface area contributed by atoms with E-state index in [1.54, 1.807) is 11.3 Å². The summed E-state index contributed by atoms with van der Waals surface area (Å²) in [6.07, 6.45) is 3.35. The Morgan fingerprint density at radius 3 is 2.87 bits per heavy atom. The van der Waals surface area contributed by atoms with Crippen LogP contribution in [-0.2, 0) is 17.7 Å². The third-order valence-electron chi connectivity index (χ3n) is 5.07. The summed E-state index contributed by atoms with van der Waals surface area (Å²) in [6, 6.07) is 6.31. The zero-order chi connectivity index (χ0) is 21.3. The molecule has 0 aliphatic carbocycles. The van der Waals surface area contributed by atoms with E-state index >= 15 is 0 Å². The van der Waals surface area contributed by atoms with Gasteiger partial charge in [0.2, 0.25) is 0 Å². The Kier molecular flexibility index (Phi) is 8.51. The molecule has 1 aromatic carbocycles. The second-order valence-corrected chi connectivity index (χ2v) is 8.96. The van der Waals surface area contributed by atoms with E-state index in [0.717, 1.165) is 66.9 Å². The molecule has 0 amide bonds. The van der Waals surface area contributed by atoms with Crippen LogP contribution in [0.2, 0.25) is 0 Å². The lowest BCUT2D eigenvalue weighted by atomic mass is 10.1. The molecule has 0 radical (unpaired) electrons. The standard InChI is InChI=1S/C23H34N4O2S/c1-5-24-23(25-11-10-22-17(3)27-18(4)30-22)26-14-19-9-8-16(2)13-21(19)29-15-20-7-6-12-28-20/h8-9,13,20H,5-7,10-12,14-15H2,1-4H3,(H2,24,25,26). The number of ether oxygens (including phenoxy) is 2. The van der Waals surface area contributed by atoms with Crippen molar-refractivity contribution in [1.29, 1.82) is 0 Å². The van der Waals surface area contributed by atoms with Gasteiger partial charge in [-0.2, -0.15) is 0 Å². The Balaban J connectivity index is 1.59. The van der Waals surface area contributed by atoms with Crippen molar-refractivity contribution in [2.45, 2.75) is 59.6 Å². The Labute approximate surface area is 184 Å². The largest absolute Gasteiger partial charge is 0.491 e. The highest BCUT2D eigenvalue weighted by atomic mass is 32.1. The van der Waals surface area contributed by atoms with Gasteiger partial charge in [-0.1, -0.05) is 12.1 Å². The molecule has 0 bridgehead atoms. The summed E-state index contributed by atoms with van der Waals surface area (Å²) in [5, 5.41) is 7.90. The summed E-state index contributed by atoms with van der Waals surface area (Å²) in [4.78, 5) is 10.6. The molecule has 1 saturated heterocycles. The van der Waals surface area contributed by atoms with E-state index in [4.69, 9.17) is 14.5 Å².